The molecule has 0 amide bonds. The van der Waals surface area contributed by atoms with Crippen LogP contribution in [0.5, 0.6) is 0 Å². The van der Waals surface area contributed by atoms with Gasteiger partial charge in [-0.3, -0.25) is 0 Å². The van der Waals surface area contributed by atoms with Crippen LogP contribution in [-0.2, 0) is 0 Å². The van der Waals surface area contributed by atoms with Crippen molar-refractivity contribution in [1.29, 1.82) is 0 Å². The third-order valence-corrected chi connectivity index (χ3v) is 4.18. The predicted octanol–water partition coefficient (Wildman–Crippen LogP) is 3.10. The first-order valence-corrected chi connectivity index (χ1v) is 7.44. The molecule has 0 radical (unpaired) electrons. The lowest BCUT2D eigenvalue weighted by Gasteiger charge is -2.40. The molecule has 0 unspecified atom stereocenters. The molecule has 4 heteroatoms. The fourth-order valence-electron chi connectivity index (χ4n) is 2.48. The Morgan fingerprint density at radius 1 is 1.47 bits per heavy atom. The standard InChI is InChI=1S/C15H23ClN2O/c1-11(17)12-6-7-15(14(16)10-12)18(8-3-9-19)13-4-2-5-13/h6-7,10-11,13,19H,2-5,8-9,17H2,1H3/t11-/m1/s1. The molecule has 3 nitrogen and oxygen atoms in total. The number of nitrogens with zero attached hydrogens (tertiary/aromatic N) is 1. The van der Waals surface area contributed by atoms with Crippen molar-refractivity contribution in [2.45, 2.75) is 44.7 Å². The van der Waals surface area contributed by atoms with Crippen molar-refractivity contribution < 1.29 is 5.11 Å². The summed E-state index contributed by atoms with van der Waals surface area (Å²) >= 11 is 6.41. The van der Waals surface area contributed by atoms with Crippen LogP contribution in [0, 0.1) is 0 Å². The highest BCUT2D eigenvalue weighted by atomic mass is 35.5. The van der Waals surface area contributed by atoms with Crippen LogP contribution in [0.1, 0.15) is 44.2 Å². The minimum atomic E-state index is 0.00106. The van der Waals surface area contributed by atoms with Gasteiger partial charge in [-0.2, -0.15) is 0 Å². The first kappa shape index (κ1) is 14.6. The Kier molecular flexibility index (Phi) is 5.08. The molecule has 0 aromatic heterocycles. The Balaban J connectivity index is 2.20. The number of aliphatic hydroxyl groups excluding tert-OH is 1. The molecule has 1 fully saturated rings. The monoisotopic (exact) mass is 282 g/mol. The minimum absolute atomic E-state index is 0.00106. The van der Waals surface area contributed by atoms with Crippen LogP contribution in [0.25, 0.3) is 0 Å². The molecule has 19 heavy (non-hydrogen) atoms. The number of nitrogens with two attached hydrogens (primary N) is 1. The van der Waals surface area contributed by atoms with Crippen molar-refractivity contribution in [1.82, 2.24) is 0 Å². The zero-order valence-corrected chi connectivity index (χ0v) is 12.2. The highest BCUT2D eigenvalue weighted by Gasteiger charge is 2.26. The molecular weight excluding hydrogens is 260 g/mol. The normalized spacial score (nSPS) is 17.1. The smallest absolute Gasteiger partial charge is 0.0642 e. The number of rotatable bonds is 6. The molecule has 1 aromatic rings. The van der Waals surface area contributed by atoms with E-state index in [0.717, 1.165) is 29.2 Å². The van der Waals surface area contributed by atoms with Gasteiger partial charge in [0.2, 0.25) is 0 Å². The lowest BCUT2D eigenvalue weighted by molar-refractivity contribution is 0.283. The Labute approximate surface area is 120 Å². The van der Waals surface area contributed by atoms with Gasteiger partial charge in [0.1, 0.15) is 0 Å². The fourth-order valence-corrected chi connectivity index (χ4v) is 2.78. The summed E-state index contributed by atoms with van der Waals surface area (Å²) in [7, 11) is 0. The number of anilines is 1. The minimum Gasteiger partial charge on any atom is -0.396 e. The summed E-state index contributed by atoms with van der Waals surface area (Å²) in [4.78, 5) is 2.34. The number of aliphatic hydroxyl groups is 1. The van der Waals surface area contributed by atoms with Crippen LogP contribution in [-0.4, -0.2) is 24.3 Å². The zero-order valence-electron chi connectivity index (χ0n) is 11.5. The summed E-state index contributed by atoms with van der Waals surface area (Å²) in [5, 5.41) is 9.81. The summed E-state index contributed by atoms with van der Waals surface area (Å²) in [5.74, 6) is 0. The quantitative estimate of drug-likeness (QED) is 0.843. The third kappa shape index (κ3) is 3.41. The van der Waals surface area contributed by atoms with Crippen molar-refractivity contribution in [2.75, 3.05) is 18.1 Å². The zero-order chi connectivity index (χ0) is 13.8. The maximum Gasteiger partial charge on any atom is 0.0642 e. The van der Waals surface area contributed by atoms with Crippen LogP contribution in [0.3, 0.4) is 0 Å². The van der Waals surface area contributed by atoms with Crippen LogP contribution in [0.4, 0.5) is 5.69 Å². The highest BCUT2D eigenvalue weighted by Crippen LogP contribution is 2.35. The number of hydrogen-bond donors (Lipinski definition) is 2. The molecule has 1 atom stereocenters. The molecule has 1 aliphatic carbocycles. The van der Waals surface area contributed by atoms with Crippen molar-refractivity contribution in [3.63, 3.8) is 0 Å². The number of benzene rings is 1. The summed E-state index contributed by atoms with van der Waals surface area (Å²) in [6, 6.07) is 6.66. The molecule has 0 bridgehead atoms. The van der Waals surface area contributed by atoms with Gasteiger partial charge in [0.15, 0.2) is 0 Å². The maximum absolute atomic E-state index is 9.04. The summed E-state index contributed by atoms with van der Waals surface area (Å²) in [5.41, 5.74) is 8.01. The first-order chi connectivity index (χ1) is 9.13. The van der Waals surface area contributed by atoms with Gasteiger partial charge in [-0.05, 0) is 50.3 Å². The van der Waals surface area contributed by atoms with Gasteiger partial charge in [-0.15, -0.1) is 0 Å². The maximum atomic E-state index is 9.04. The highest BCUT2D eigenvalue weighted by molar-refractivity contribution is 6.33. The van der Waals surface area contributed by atoms with Crippen molar-refractivity contribution in [2.24, 2.45) is 5.73 Å². The largest absolute Gasteiger partial charge is 0.396 e. The van der Waals surface area contributed by atoms with E-state index in [4.69, 9.17) is 22.4 Å². The SMILES string of the molecule is C[C@@H](N)c1ccc(N(CCCO)C2CCC2)c(Cl)c1. The molecule has 106 valence electrons. The van der Waals surface area contributed by atoms with E-state index >= 15 is 0 Å². The molecule has 0 aliphatic heterocycles. The molecule has 2 rings (SSSR count). The topological polar surface area (TPSA) is 49.5 Å². The lowest BCUT2D eigenvalue weighted by atomic mass is 9.90. The predicted molar refractivity (Wildman–Crippen MR) is 80.7 cm³/mol. The third-order valence-electron chi connectivity index (χ3n) is 3.88. The van der Waals surface area contributed by atoms with Gasteiger partial charge in [-0.1, -0.05) is 17.7 Å². The van der Waals surface area contributed by atoms with E-state index in [0.29, 0.717) is 6.04 Å². The van der Waals surface area contributed by atoms with Gasteiger partial charge < -0.3 is 15.7 Å². The molecular formula is C15H23ClN2O. The Morgan fingerprint density at radius 3 is 2.68 bits per heavy atom. The van der Waals surface area contributed by atoms with E-state index < -0.39 is 0 Å². The Bertz CT molecular complexity index is 419. The van der Waals surface area contributed by atoms with Gasteiger partial charge >= 0.3 is 0 Å². The van der Waals surface area contributed by atoms with Crippen molar-refractivity contribution >= 4 is 17.3 Å². The first-order valence-electron chi connectivity index (χ1n) is 7.06. The summed E-state index contributed by atoms with van der Waals surface area (Å²) < 4.78 is 0. The van der Waals surface area contributed by atoms with Gasteiger partial charge in [0.25, 0.3) is 0 Å². The molecule has 0 heterocycles. The van der Waals surface area contributed by atoms with Crippen molar-refractivity contribution in [3.8, 4) is 0 Å². The lowest BCUT2D eigenvalue weighted by Crippen LogP contribution is -2.41. The van der Waals surface area contributed by atoms with Crippen LogP contribution in [0.2, 0.25) is 5.02 Å². The van der Waals surface area contributed by atoms with Gasteiger partial charge in [-0.25, -0.2) is 0 Å². The van der Waals surface area contributed by atoms with E-state index in [1.807, 2.05) is 13.0 Å². The second-order valence-electron chi connectivity index (χ2n) is 5.35. The van der Waals surface area contributed by atoms with E-state index in [1.54, 1.807) is 0 Å². The Morgan fingerprint density at radius 2 is 2.21 bits per heavy atom. The second-order valence-corrected chi connectivity index (χ2v) is 5.76. The van der Waals surface area contributed by atoms with Crippen LogP contribution >= 0.6 is 11.6 Å². The van der Waals surface area contributed by atoms with Gasteiger partial charge in [0, 0.05) is 25.2 Å². The summed E-state index contributed by atoms with van der Waals surface area (Å²) in [6.45, 7) is 3.04. The van der Waals surface area contributed by atoms with E-state index in [-0.39, 0.29) is 12.6 Å². The van der Waals surface area contributed by atoms with E-state index in [9.17, 15) is 0 Å². The molecule has 3 N–H and O–H groups in total. The molecule has 0 spiro atoms. The molecule has 1 saturated carbocycles. The van der Waals surface area contributed by atoms with E-state index in [1.165, 1.54) is 19.3 Å². The molecule has 1 aliphatic rings. The average molecular weight is 283 g/mol. The van der Waals surface area contributed by atoms with Crippen molar-refractivity contribution in [3.05, 3.63) is 28.8 Å². The average Bonchev–Trinajstić information content (AvgIpc) is 2.32. The van der Waals surface area contributed by atoms with Crippen LogP contribution in [0.15, 0.2) is 18.2 Å². The summed E-state index contributed by atoms with van der Waals surface area (Å²) in [6.07, 6.45) is 4.51. The molecule has 0 saturated heterocycles. The number of halogens is 1. The fraction of sp³-hybridized carbons (Fsp3) is 0.600. The second kappa shape index (κ2) is 6.60. The number of hydrogen-bond acceptors (Lipinski definition) is 3. The van der Waals surface area contributed by atoms with E-state index in [2.05, 4.69) is 17.0 Å². The Hall–Kier alpha value is -0.770. The van der Waals surface area contributed by atoms with Crippen LogP contribution < -0.4 is 10.6 Å². The van der Waals surface area contributed by atoms with Gasteiger partial charge in [0.05, 0.1) is 10.7 Å². The molecule has 1 aromatic carbocycles.